The maximum Gasteiger partial charge on any atom is 0.291 e. The highest BCUT2D eigenvalue weighted by Crippen LogP contribution is 2.25. The Labute approximate surface area is 189 Å². The van der Waals surface area contributed by atoms with Gasteiger partial charge in [0.1, 0.15) is 17.2 Å². The molecule has 8 heteroatoms. The number of fused-ring (bicyclic) bond motifs is 1. The number of thiazole rings is 1. The summed E-state index contributed by atoms with van der Waals surface area (Å²) in [5.74, 6) is 2.65. The summed E-state index contributed by atoms with van der Waals surface area (Å²) < 4.78 is 18.3. The molecule has 0 saturated heterocycles. The van der Waals surface area contributed by atoms with E-state index < -0.39 is 0 Å². The Balaban J connectivity index is 1.58. The van der Waals surface area contributed by atoms with Crippen LogP contribution in [0.5, 0.6) is 17.2 Å². The summed E-state index contributed by atoms with van der Waals surface area (Å²) in [6.07, 6.45) is 5.16. The van der Waals surface area contributed by atoms with Crippen LogP contribution in [0.15, 0.2) is 47.3 Å². The highest BCUT2D eigenvalue weighted by molar-refractivity contribution is 7.15. The Hall–Kier alpha value is -3.39. The van der Waals surface area contributed by atoms with Crippen LogP contribution >= 0.6 is 11.3 Å². The minimum atomic E-state index is -0.211. The maximum absolute atomic E-state index is 12.9. The standard InChI is InChI=1S/C24H25N3O4S/c1-4-5-6-13-31-18-10-7-16(8-11-18)22-25-24-27(26-22)23(28)21(32-24)14-17-9-12-19(29-2)15-20(17)30-3/h7-12,14-15H,4-6,13H2,1-3H3. The molecule has 0 atom stereocenters. The van der Waals surface area contributed by atoms with Crippen LogP contribution in [-0.2, 0) is 0 Å². The third-order valence-electron chi connectivity index (χ3n) is 5.04. The molecule has 0 bridgehead atoms. The molecule has 0 amide bonds. The molecule has 0 fully saturated rings. The minimum absolute atomic E-state index is 0.211. The molecule has 0 spiro atoms. The van der Waals surface area contributed by atoms with E-state index in [1.54, 1.807) is 26.4 Å². The van der Waals surface area contributed by atoms with Crippen molar-refractivity contribution in [2.24, 2.45) is 0 Å². The van der Waals surface area contributed by atoms with Gasteiger partial charge in [-0.1, -0.05) is 31.1 Å². The van der Waals surface area contributed by atoms with E-state index in [2.05, 4.69) is 17.0 Å². The number of methoxy groups -OCH3 is 2. The monoisotopic (exact) mass is 451 g/mol. The first-order valence-corrected chi connectivity index (χ1v) is 11.3. The van der Waals surface area contributed by atoms with Crippen molar-refractivity contribution >= 4 is 22.4 Å². The minimum Gasteiger partial charge on any atom is -0.497 e. The van der Waals surface area contributed by atoms with Crippen molar-refractivity contribution in [1.29, 1.82) is 0 Å². The van der Waals surface area contributed by atoms with Gasteiger partial charge in [0.15, 0.2) is 5.82 Å². The SMILES string of the molecule is CCCCCOc1ccc(-c2nc3sc(=Cc4ccc(OC)cc4OC)c(=O)n3n2)cc1. The van der Waals surface area contributed by atoms with Gasteiger partial charge in [-0.15, -0.1) is 5.10 Å². The van der Waals surface area contributed by atoms with E-state index in [4.69, 9.17) is 14.2 Å². The van der Waals surface area contributed by atoms with E-state index >= 15 is 0 Å². The van der Waals surface area contributed by atoms with Gasteiger partial charge < -0.3 is 14.2 Å². The average Bonchev–Trinajstić information content (AvgIpc) is 3.36. The van der Waals surface area contributed by atoms with Crippen LogP contribution in [0.4, 0.5) is 0 Å². The molecular weight excluding hydrogens is 426 g/mol. The van der Waals surface area contributed by atoms with Crippen LogP contribution in [0.25, 0.3) is 22.4 Å². The molecule has 166 valence electrons. The highest BCUT2D eigenvalue weighted by Gasteiger charge is 2.13. The number of unbranched alkanes of at least 4 members (excludes halogenated alkanes) is 2. The molecule has 2 aromatic carbocycles. The van der Waals surface area contributed by atoms with Gasteiger partial charge in [0, 0.05) is 17.2 Å². The lowest BCUT2D eigenvalue weighted by atomic mass is 10.2. The zero-order valence-corrected chi connectivity index (χ0v) is 19.1. The summed E-state index contributed by atoms with van der Waals surface area (Å²) in [5.41, 5.74) is 1.41. The molecule has 2 aromatic heterocycles. The molecule has 2 heterocycles. The zero-order chi connectivity index (χ0) is 22.5. The van der Waals surface area contributed by atoms with Crippen molar-refractivity contribution in [3.05, 3.63) is 62.9 Å². The average molecular weight is 452 g/mol. The lowest BCUT2D eigenvalue weighted by Crippen LogP contribution is -2.23. The fourth-order valence-electron chi connectivity index (χ4n) is 3.28. The number of aromatic nitrogens is 3. The first kappa shape index (κ1) is 21.8. The summed E-state index contributed by atoms with van der Waals surface area (Å²) in [6, 6.07) is 13.1. The van der Waals surface area contributed by atoms with Gasteiger partial charge in [0.25, 0.3) is 5.56 Å². The predicted octanol–water partition coefficient (Wildman–Crippen LogP) is 3.95. The molecule has 32 heavy (non-hydrogen) atoms. The van der Waals surface area contributed by atoms with Gasteiger partial charge in [-0.3, -0.25) is 4.79 Å². The molecule has 0 aliphatic carbocycles. The molecule has 0 N–H and O–H groups in total. The van der Waals surface area contributed by atoms with Crippen molar-refractivity contribution in [2.75, 3.05) is 20.8 Å². The summed E-state index contributed by atoms with van der Waals surface area (Å²) in [6.45, 7) is 2.88. The molecule has 7 nitrogen and oxygen atoms in total. The van der Waals surface area contributed by atoms with Gasteiger partial charge in [0.2, 0.25) is 4.96 Å². The van der Waals surface area contributed by atoms with Gasteiger partial charge in [-0.25, -0.2) is 0 Å². The van der Waals surface area contributed by atoms with Crippen LogP contribution in [0.3, 0.4) is 0 Å². The first-order chi connectivity index (χ1) is 15.6. The van der Waals surface area contributed by atoms with Gasteiger partial charge in [0.05, 0.1) is 25.4 Å². The molecule has 4 aromatic rings. The van der Waals surface area contributed by atoms with E-state index in [1.165, 1.54) is 22.3 Å². The number of nitrogens with zero attached hydrogens (tertiary/aromatic N) is 3. The van der Waals surface area contributed by atoms with Crippen molar-refractivity contribution in [2.45, 2.75) is 26.2 Å². The molecule has 0 aliphatic rings. The maximum atomic E-state index is 12.9. The molecule has 4 rings (SSSR count). The van der Waals surface area contributed by atoms with Crippen LogP contribution < -0.4 is 24.3 Å². The highest BCUT2D eigenvalue weighted by atomic mass is 32.1. The van der Waals surface area contributed by atoms with Crippen LogP contribution in [0.2, 0.25) is 0 Å². The molecule has 0 aliphatic heterocycles. The first-order valence-electron chi connectivity index (χ1n) is 10.5. The van der Waals surface area contributed by atoms with Crippen molar-refractivity contribution in [1.82, 2.24) is 14.6 Å². The van der Waals surface area contributed by atoms with E-state index in [9.17, 15) is 4.79 Å². The number of rotatable bonds is 9. The second kappa shape index (κ2) is 9.82. The van der Waals surface area contributed by atoms with E-state index in [-0.39, 0.29) is 5.56 Å². The molecule has 0 radical (unpaired) electrons. The summed E-state index contributed by atoms with van der Waals surface area (Å²) in [5, 5.41) is 4.42. The van der Waals surface area contributed by atoms with Crippen LogP contribution in [0.1, 0.15) is 31.7 Å². The van der Waals surface area contributed by atoms with Crippen molar-refractivity contribution in [3.63, 3.8) is 0 Å². The number of hydrogen-bond donors (Lipinski definition) is 0. The van der Waals surface area contributed by atoms with Crippen molar-refractivity contribution in [3.8, 4) is 28.6 Å². The Morgan fingerprint density at radius 1 is 1.03 bits per heavy atom. The van der Waals surface area contributed by atoms with Crippen LogP contribution in [0, 0.1) is 0 Å². The fraction of sp³-hybridized carbons (Fsp3) is 0.292. The normalized spacial score (nSPS) is 11.8. The molecule has 0 unspecified atom stereocenters. The Kier molecular flexibility index (Phi) is 6.70. The fourth-order valence-corrected chi connectivity index (χ4v) is 4.18. The lowest BCUT2D eigenvalue weighted by molar-refractivity contribution is 0.306. The largest absolute Gasteiger partial charge is 0.497 e. The number of hydrogen-bond acceptors (Lipinski definition) is 7. The Bertz CT molecular complexity index is 1310. The topological polar surface area (TPSA) is 75.0 Å². The Morgan fingerprint density at radius 2 is 1.81 bits per heavy atom. The zero-order valence-electron chi connectivity index (χ0n) is 18.3. The van der Waals surface area contributed by atoms with E-state index in [0.717, 1.165) is 29.7 Å². The summed E-state index contributed by atoms with van der Waals surface area (Å²) >= 11 is 1.29. The number of ether oxygens (including phenoxy) is 3. The molecular formula is C24H25N3O4S. The third kappa shape index (κ3) is 4.60. The van der Waals surface area contributed by atoms with Crippen molar-refractivity contribution < 1.29 is 14.2 Å². The molecule has 0 saturated carbocycles. The second-order valence-corrected chi connectivity index (χ2v) is 8.24. The van der Waals surface area contributed by atoms with Gasteiger partial charge in [-0.05, 0) is 48.9 Å². The summed E-state index contributed by atoms with van der Waals surface area (Å²) in [4.78, 5) is 18.0. The van der Waals surface area contributed by atoms with E-state index in [1.807, 2.05) is 36.4 Å². The smallest absolute Gasteiger partial charge is 0.291 e. The summed E-state index contributed by atoms with van der Waals surface area (Å²) in [7, 11) is 3.18. The third-order valence-corrected chi connectivity index (χ3v) is 6.00. The van der Waals surface area contributed by atoms with Crippen LogP contribution in [-0.4, -0.2) is 35.4 Å². The van der Waals surface area contributed by atoms with Gasteiger partial charge in [-0.2, -0.15) is 9.50 Å². The predicted molar refractivity (Wildman–Crippen MR) is 126 cm³/mol. The Morgan fingerprint density at radius 3 is 2.50 bits per heavy atom. The van der Waals surface area contributed by atoms with E-state index in [0.29, 0.717) is 33.4 Å². The van der Waals surface area contributed by atoms with Gasteiger partial charge >= 0.3 is 0 Å². The quantitative estimate of drug-likeness (QED) is 0.359. The second-order valence-electron chi connectivity index (χ2n) is 7.23. The lowest BCUT2D eigenvalue weighted by Gasteiger charge is -2.06. The number of benzene rings is 2.